The van der Waals surface area contributed by atoms with E-state index in [0.717, 1.165) is 32.1 Å². The Hall–Kier alpha value is -0.610. The molecule has 0 aromatic heterocycles. The predicted molar refractivity (Wildman–Crippen MR) is 77.6 cm³/mol. The van der Waals surface area contributed by atoms with E-state index >= 15 is 0 Å². The lowest BCUT2D eigenvalue weighted by atomic mass is 9.86. The average molecular weight is 270 g/mol. The van der Waals surface area contributed by atoms with Crippen molar-refractivity contribution < 1.29 is 9.90 Å². The van der Waals surface area contributed by atoms with Crippen LogP contribution in [0.15, 0.2) is 0 Å². The third kappa shape index (κ3) is 6.39. The van der Waals surface area contributed by atoms with E-state index in [1.807, 2.05) is 0 Å². The van der Waals surface area contributed by atoms with Gasteiger partial charge in [0.15, 0.2) is 0 Å². The Morgan fingerprint density at radius 3 is 2.63 bits per heavy atom. The molecule has 4 nitrogen and oxygen atoms in total. The zero-order chi connectivity index (χ0) is 14.3. The number of hydrogen-bond donors (Lipinski definition) is 3. The van der Waals surface area contributed by atoms with Crippen LogP contribution in [0.3, 0.4) is 0 Å². The largest absolute Gasteiger partial charge is 0.393 e. The fraction of sp³-hybridized carbons (Fsp3) is 0.933. The molecular formula is C15H30N2O2. The van der Waals surface area contributed by atoms with Crippen LogP contribution in [0, 0.1) is 17.8 Å². The summed E-state index contributed by atoms with van der Waals surface area (Å²) in [6, 6.07) is 0. The molecule has 0 aromatic rings. The van der Waals surface area contributed by atoms with Crippen LogP contribution >= 0.6 is 0 Å². The van der Waals surface area contributed by atoms with Crippen LogP contribution in [0.4, 0.5) is 0 Å². The third-order valence-corrected chi connectivity index (χ3v) is 4.04. The van der Waals surface area contributed by atoms with Crippen molar-refractivity contribution in [1.82, 2.24) is 5.32 Å². The maximum atomic E-state index is 11.9. The van der Waals surface area contributed by atoms with Gasteiger partial charge in [0, 0.05) is 18.9 Å². The van der Waals surface area contributed by atoms with Gasteiger partial charge in [-0.3, -0.25) is 4.79 Å². The van der Waals surface area contributed by atoms with Crippen molar-refractivity contribution in [3.63, 3.8) is 0 Å². The summed E-state index contributed by atoms with van der Waals surface area (Å²) >= 11 is 0. The van der Waals surface area contributed by atoms with Gasteiger partial charge in [0.05, 0.1) is 6.10 Å². The molecule has 1 aliphatic carbocycles. The van der Waals surface area contributed by atoms with Crippen molar-refractivity contribution in [3.05, 3.63) is 0 Å². The first-order valence-electron chi connectivity index (χ1n) is 7.67. The number of nitrogens with one attached hydrogen (secondary N) is 1. The maximum Gasteiger partial charge on any atom is 0.220 e. The van der Waals surface area contributed by atoms with E-state index < -0.39 is 0 Å². The second kappa shape index (κ2) is 8.54. The molecule has 0 saturated heterocycles. The van der Waals surface area contributed by atoms with Crippen LogP contribution in [0.2, 0.25) is 0 Å². The van der Waals surface area contributed by atoms with Crippen molar-refractivity contribution in [2.45, 2.75) is 58.5 Å². The van der Waals surface area contributed by atoms with Crippen molar-refractivity contribution in [2.24, 2.45) is 23.5 Å². The lowest BCUT2D eigenvalue weighted by Gasteiger charge is -2.28. The van der Waals surface area contributed by atoms with Crippen molar-refractivity contribution in [1.29, 1.82) is 0 Å². The minimum absolute atomic E-state index is 0.0777. The van der Waals surface area contributed by atoms with E-state index in [-0.39, 0.29) is 23.8 Å². The van der Waals surface area contributed by atoms with Gasteiger partial charge in [0.25, 0.3) is 0 Å². The van der Waals surface area contributed by atoms with Crippen LogP contribution in [0.5, 0.6) is 0 Å². The monoisotopic (exact) mass is 270 g/mol. The highest BCUT2D eigenvalue weighted by molar-refractivity contribution is 5.76. The molecule has 112 valence electrons. The van der Waals surface area contributed by atoms with Crippen LogP contribution < -0.4 is 11.1 Å². The number of carbonyl (C=O) groups is 1. The molecule has 19 heavy (non-hydrogen) atoms. The van der Waals surface area contributed by atoms with Gasteiger partial charge in [-0.2, -0.15) is 0 Å². The summed E-state index contributed by atoms with van der Waals surface area (Å²) in [6.07, 6.45) is 5.43. The lowest BCUT2D eigenvalue weighted by molar-refractivity contribution is -0.122. The van der Waals surface area contributed by atoms with Gasteiger partial charge in [-0.25, -0.2) is 0 Å². The molecule has 0 bridgehead atoms. The van der Waals surface area contributed by atoms with Crippen LogP contribution in [0.1, 0.15) is 52.4 Å². The number of rotatable bonds is 7. The number of nitrogens with two attached hydrogens (primary N) is 1. The van der Waals surface area contributed by atoms with Crippen LogP contribution in [0.25, 0.3) is 0 Å². The predicted octanol–water partition coefficient (Wildman–Crippen LogP) is 1.66. The Bertz CT molecular complexity index is 269. The Morgan fingerprint density at radius 2 is 2.05 bits per heavy atom. The quantitative estimate of drug-likeness (QED) is 0.658. The molecule has 0 radical (unpaired) electrons. The molecule has 1 fully saturated rings. The van der Waals surface area contributed by atoms with Gasteiger partial charge in [-0.05, 0) is 37.6 Å². The van der Waals surface area contributed by atoms with Gasteiger partial charge >= 0.3 is 0 Å². The summed E-state index contributed by atoms with van der Waals surface area (Å²) in [7, 11) is 0. The van der Waals surface area contributed by atoms with Gasteiger partial charge in [-0.1, -0.05) is 26.7 Å². The highest BCUT2D eigenvalue weighted by Crippen LogP contribution is 2.23. The smallest absolute Gasteiger partial charge is 0.220 e. The second-order valence-electron chi connectivity index (χ2n) is 6.35. The van der Waals surface area contributed by atoms with E-state index in [2.05, 4.69) is 19.2 Å². The minimum Gasteiger partial charge on any atom is -0.393 e. The molecule has 0 heterocycles. The Morgan fingerprint density at radius 1 is 1.37 bits per heavy atom. The molecule has 1 aliphatic rings. The first-order chi connectivity index (χ1) is 9.02. The van der Waals surface area contributed by atoms with Crippen molar-refractivity contribution in [2.75, 3.05) is 13.1 Å². The highest BCUT2D eigenvalue weighted by atomic mass is 16.3. The number of amides is 1. The molecule has 3 unspecified atom stereocenters. The second-order valence-corrected chi connectivity index (χ2v) is 6.35. The summed E-state index contributed by atoms with van der Waals surface area (Å²) in [5.41, 5.74) is 5.71. The molecule has 3 atom stereocenters. The van der Waals surface area contributed by atoms with Gasteiger partial charge in [0.1, 0.15) is 0 Å². The van der Waals surface area contributed by atoms with E-state index in [1.54, 1.807) is 0 Å². The standard InChI is InChI=1S/C15H30N2O2/c1-11(2)7-12(9-16)8-15(19)17-10-13-5-3-4-6-14(13)18/h11-14,18H,3-10,16H2,1-2H3,(H,17,19). The van der Waals surface area contributed by atoms with E-state index in [9.17, 15) is 9.90 Å². The Kier molecular flexibility index (Phi) is 7.39. The number of carbonyl (C=O) groups excluding carboxylic acids is 1. The third-order valence-electron chi connectivity index (χ3n) is 4.04. The molecule has 0 aromatic carbocycles. The molecule has 4 heteroatoms. The van der Waals surface area contributed by atoms with Crippen molar-refractivity contribution in [3.8, 4) is 0 Å². The molecule has 4 N–H and O–H groups in total. The number of aliphatic hydroxyl groups excluding tert-OH is 1. The first-order valence-corrected chi connectivity index (χ1v) is 7.67. The lowest BCUT2D eigenvalue weighted by Crippen LogP contribution is -2.37. The SMILES string of the molecule is CC(C)CC(CN)CC(=O)NCC1CCCCC1O. The molecule has 1 amide bonds. The fourth-order valence-corrected chi connectivity index (χ4v) is 2.94. The van der Waals surface area contributed by atoms with Crippen LogP contribution in [-0.4, -0.2) is 30.2 Å². The summed E-state index contributed by atoms with van der Waals surface area (Å²) < 4.78 is 0. The summed E-state index contributed by atoms with van der Waals surface area (Å²) in [5.74, 6) is 1.16. The van der Waals surface area contributed by atoms with Crippen molar-refractivity contribution >= 4 is 5.91 Å². The molecule has 0 spiro atoms. The maximum absolute atomic E-state index is 11.9. The van der Waals surface area contributed by atoms with E-state index in [0.29, 0.717) is 25.4 Å². The highest BCUT2D eigenvalue weighted by Gasteiger charge is 2.23. The fourth-order valence-electron chi connectivity index (χ4n) is 2.94. The van der Waals surface area contributed by atoms with Gasteiger partial charge in [0.2, 0.25) is 5.91 Å². The Labute approximate surface area is 117 Å². The van der Waals surface area contributed by atoms with Gasteiger partial charge in [-0.15, -0.1) is 0 Å². The summed E-state index contributed by atoms with van der Waals surface area (Å²) in [5, 5.41) is 12.8. The summed E-state index contributed by atoms with van der Waals surface area (Å²) in [6.45, 7) is 5.48. The molecule has 1 saturated carbocycles. The normalized spacial score (nSPS) is 25.3. The number of hydrogen-bond acceptors (Lipinski definition) is 3. The first kappa shape index (κ1) is 16.4. The summed E-state index contributed by atoms with van der Waals surface area (Å²) in [4.78, 5) is 11.9. The zero-order valence-corrected chi connectivity index (χ0v) is 12.4. The van der Waals surface area contributed by atoms with Crippen LogP contribution in [-0.2, 0) is 4.79 Å². The topological polar surface area (TPSA) is 75.4 Å². The average Bonchev–Trinajstić information content (AvgIpc) is 2.36. The molecule has 1 rings (SSSR count). The van der Waals surface area contributed by atoms with E-state index in [1.165, 1.54) is 0 Å². The van der Waals surface area contributed by atoms with E-state index in [4.69, 9.17) is 5.73 Å². The van der Waals surface area contributed by atoms with Gasteiger partial charge < -0.3 is 16.2 Å². The molecular weight excluding hydrogens is 240 g/mol. The number of aliphatic hydroxyl groups is 1. The molecule has 0 aliphatic heterocycles. The Balaban J connectivity index is 2.26. The zero-order valence-electron chi connectivity index (χ0n) is 12.4. The minimum atomic E-state index is -0.241.